The molecule has 0 heterocycles. The van der Waals surface area contributed by atoms with E-state index in [1.54, 1.807) is 0 Å². The molecule has 0 saturated carbocycles. The third kappa shape index (κ3) is 5.66. The zero-order valence-corrected chi connectivity index (χ0v) is 7.93. The minimum Gasteiger partial charge on any atom is -1.00 e. The van der Waals surface area contributed by atoms with Gasteiger partial charge in [-0.2, -0.15) is 22.0 Å². The van der Waals surface area contributed by atoms with Crippen LogP contribution >= 0.6 is 0 Å². The van der Waals surface area contributed by atoms with Gasteiger partial charge in [0.1, 0.15) is 0 Å². The summed E-state index contributed by atoms with van der Waals surface area (Å²) < 4.78 is 89.9. The van der Waals surface area contributed by atoms with E-state index in [0.29, 0.717) is 0 Å². The SMILES string of the molecule is FC(F)(F)OC(F)(F)C(F)(F)F.[H-].[Na+]. The minimum absolute atomic E-state index is 0. The molecule has 0 atom stereocenters. The molecule has 0 aliphatic carbocycles. The maximum atomic E-state index is 11.4. The third-order valence-electron chi connectivity index (χ3n) is 0.574. The van der Waals surface area contributed by atoms with Gasteiger partial charge in [0, 0.05) is 0 Å². The minimum atomic E-state index is -6.37. The molecule has 0 saturated heterocycles. The molecule has 0 aliphatic rings. The summed E-state index contributed by atoms with van der Waals surface area (Å²) in [6.07, 6.45) is -18.6. The molecule has 1 nitrogen and oxygen atoms in total. The van der Waals surface area contributed by atoms with Gasteiger partial charge in [0.15, 0.2) is 0 Å². The van der Waals surface area contributed by atoms with Crippen molar-refractivity contribution in [3.05, 3.63) is 0 Å². The normalized spacial score (nSPS) is 13.8. The van der Waals surface area contributed by atoms with Crippen molar-refractivity contribution >= 4 is 0 Å². The van der Waals surface area contributed by atoms with E-state index in [1.807, 2.05) is 0 Å². The second kappa shape index (κ2) is 4.28. The van der Waals surface area contributed by atoms with E-state index < -0.39 is 18.6 Å². The van der Waals surface area contributed by atoms with Gasteiger partial charge in [-0.3, -0.25) is 0 Å². The first kappa shape index (κ1) is 15.9. The number of alkyl halides is 8. The van der Waals surface area contributed by atoms with Crippen molar-refractivity contribution < 1.29 is 70.8 Å². The summed E-state index contributed by atoms with van der Waals surface area (Å²) in [5.41, 5.74) is 0. The fourth-order valence-electron chi connectivity index (χ4n) is 0.203. The van der Waals surface area contributed by atoms with Crippen molar-refractivity contribution in [1.82, 2.24) is 0 Å². The molecule has 0 aliphatic heterocycles. The second-order valence-corrected chi connectivity index (χ2v) is 1.56. The Morgan fingerprint density at radius 1 is 0.769 bits per heavy atom. The van der Waals surface area contributed by atoms with Crippen LogP contribution in [-0.4, -0.2) is 18.6 Å². The average molecular weight is 228 g/mol. The fourth-order valence-corrected chi connectivity index (χ4v) is 0.203. The van der Waals surface area contributed by atoms with Crippen LogP contribution in [0.3, 0.4) is 0 Å². The Hall–Kier alpha value is 0.400. The molecule has 0 aromatic rings. The van der Waals surface area contributed by atoms with E-state index in [-0.39, 0.29) is 31.0 Å². The molecule has 0 N–H and O–H groups in total. The predicted octanol–water partition coefficient (Wildman–Crippen LogP) is -0.206. The van der Waals surface area contributed by atoms with Gasteiger partial charge in [-0.1, -0.05) is 0 Å². The van der Waals surface area contributed by atoms with E-state index >= 15 is 0 Å². The summed E-state index contributed by atoms with van der Waals surface area (Å²) in [5, 5.41) is 0. The number of ether oxygens (including phenoxy) is 1. The number of halogens is 8. The van der Waals surface area contributed by atoms with Gasteiger partial charge in [0.25, 0.3) is 0 Å². The quantitative estimate of drug-likeness (QED) is 0.446. The van der Waals surface area contributed by atoms with Crippen molar-refractivity contribution in [2.45, 2.75) is 18.6 Å². The first-order valence-electron chi connectivity index (χ1n) is 2.17. The molecule has 0 radical (unpaired) electrons. The van der Waals surface area contributed by atoms with Gasteiger partial charge in [0.05, 0.1) is 0 Å². The Morgan fingerprint density at radius 2 is 1.08 bits per heavy atom. The smallest absolute Gasteiger partial charge is 1.00 e. The molecule has 13 heavy (non-hydrogen) atoms. The fraction of sp³-hybridized carbons (Fsp3) is 1.00. The van der Waals surface area contributed by atoms with E-state index in [2.05, 4.69) is 0 Å². The molecule has 0 spiro atoms. The number of rotatable bonds is 1. The van der Waals surface area contributed by atoms with Gasteiger partial charge in [-0.25, -0.2) is 4.74 Å². The van der Waals surface area contributed by atoms with Crippen molar-refractivity contribution in [2.75, 3.05) is 0 Å². The van der Waals surface area contributed by atoms with E-state index in [4.69, 9.17) is 0 Å². The number of hydrogen-bond donors (Lipinski definition) is 0. The van der Waals surface area contributed by atoms with Crippen molar-refractivity contribution in [3.63, 3.8) is 0 Å². The molecule has 0 aromatic carbocycles. The molecular weight excluding hydrogens is 227 g/mol. The molecule has 0 fully saturated rings. The monoisotopic (exact) mass is 228 g/mol. The average Bonchev–Trinajstić information content (AvgIpc) is 1.52. The molecule has 0 unspecified atom stereocenters. The van der Waals surface area contributed by atoms with E-state index in [1.165, 1.54) is 4.74 Å². The maximum Gasteiger partial charge on any atom is 1.00 e. The molecule has 0 aromatic heterocycles. The van der Waals surface area contributed by atoms with E-state index in [9.17, 15) is 35.1 Å². The molecule has 0 rings (SSSR count). The molecule has 76 valence electrons. The van der Waals surface area contributed by atoms with Gasteiger partial charge in [-0.15, -0.1) is 13.2 Å². The van der Waals surface area contributed by atoms with Crippen molar-refractivity contribution in [1.29, 1.82) is 0 Å². The molecule has 0 amide bonds. The summed E-state index contributed by atoms with van der Waals surface area (Å²) >= 11 is 0. The second-order valence-electron chi connectivity index (χ2n) is 1.56. The van der Waals surface area contributed by atoms with Crippen LogP contribution in [0.1, 0.15) is 1.43 Å². The zero-order valence-electron chi connectivity index (χ0n) is 6.93. The van der Waals surface area contributed by atoms with Crippen LogP contribution in [-0.2, 0) is 4.74 Å². The van der Waals surface area contributed by atoms with Gasteiger partial charge >= 0.3 is 48.2 Å². The Kier molecular flexibility index (Phi) is 5.22. The summed E-state index contributed by atoms with van der Waals surface area (Å²) in [5.74, 6) is 0. The van der Waals surface area contributed by atoms with Crippen LogP contribution in [0.4, 0.5) is 35.1 Å². The van der Waals surface area contributed by atoms with Crippen LogP contribution in [0.5, 0.6) is 0 Å². The summed E-state index contributed by atoms with van der Waals surface area (Å²) in [6.45, 7) is 0. The van der Waals surface area contributed by atoms with Gasteiger partial charge in [-0.05, 0) is 0 Å². The van der Waals surface area contributed by atoms with Gasteiger partial charge < -0.3 is 1.43 Å². The first-order chi connectivity index (χ1) is 4.96. The van der Waals surface area contributed by atoms with Crippen LogP contribution in [0.15, 0.2) is 0 Å². The van der Waals surface area contributed by atoms with Crippen LogP contribution in [0.2, 0.25) is 0 Å². The maximum absolute atomic E-state index is 11.4. The van der Waals surface area contributed by atoms with Crippen LogP contribution in [0.25, 0.3) is 0 Å². The summed E-state index contributed by atoms with van der Waals surface area (Å²) in [6, 6.07) is 0. The summed E-state index contributed by atoms with van der Waals surface area (Å²) in [4.78, 5) is 0. The van der Waals surface area contributed by atoms with Crippen LogP contribution < -0.4 is 29.6 Å². The molecule has 0 bridgehead atoms. The molecule has 10 heteroatoms. The Balaban J connectivity index is -0.000000605. The summed E-state index contributed by atoms with van der Waals surface area (Å²) in [7, 11) is 0. The van der Waals surface area contributed by atoms with Crippen LogP contribution in [0, 0.1) is 0 Å². The largest absolute Gasteiger partial charge is 1.00 e. The topological polar surface area (TPSA) is 9.23 Å². The Bertz CT molecular complexity index is 163. The predicted molar refractivity (Wildman–Crippen MR) is 19.3 cm³/mol. The number of hydrogen-bond acceptors (Lipinski definition) is 1. The van der Waals surface area contributed by atoms with Crippen molar-refractivity contribution in [3.8, 4) is 0 Å². The van der Waals surface area contributed by atoms with E-state index in [0.717, 1.165) is 0 Å². The Morgan fingerprint density at radius 3 is 1.15 bits per heavy atom. The molecular formula is C3HF8NaO. The van der Waals surface area contributed by atoms with Crippen molar-refractivity contribution in [2.24, 2.45) is 0 Å². The van der Waals surface area contributed by atoms with Gasteiger partial charge in [0.2, 0.25) is 0 Å². The third-order valence-corrected chi connectivity index (χ3v) is 0.574. The zero-order chi connectivity index (χ0) is 10.2. The standard InChI is InChI=1S/C3F8O.Na.H/c4-1(5,6)2(7,8)12-3(9,10)11;;/q;+1;-1. The first-order valence-corrected chi connectivity index (χ1v) is 2.17. The Labute approximate surface area is 89.8 Å².